The third kappa shape index (κ3) is 5.08. The third-order valence-electron chi connectivity index (χ3n) is 6.35. The zero-order chi connectivity index (χ0) is 23.5. The average Bonchev–Trinajstić information content (AvgIpc) is 3.29. The van der Waals surface area contributed by atoms with Crippen molar-refractivity contribution in [3.8, 4) is 21.8 Å². The minimum Gasteiger partial charge on any atom is -0.356 e. The highest BCUT2D eigenvalue weighted by atomic mass is 35.5. The van der Waals surface area contributed by atoms with E-state index in [1.807, 2.05) is 30.3 Å². The van der Waals surface area contributed by atoms with E-state index < -0.39 is 0 Å². The molecule has 0 atom stereocenters. The summed E-state index contributed by atoms with van der Waals surface area (Å²) in [6, 6.07) is 26.9. The normalized spacial score (nSPS) is 15.0. The molecule has 0 aliphatic carbocycles. The molecule has 0 unspecified atom stereocenters. The van der Waals surface area contributed by atoms with E-state index in [0.717, 1.165) is 62.3 Å². The maximum atomic E-state index is 6.13. The smallest absolute Gasteiger partial charge is 0.146 e. The van der Waals surface area contributed by atoms with Gasteiger partial charge in [0.1, 0.15) is 21.5 Å². The van der Waals surface area contributed by atoms with Crippen molar-refractivity contribution in [2.24, 2.45) is 10.9 Å². The monoisotopic (exact) mass is 485 g/mol. The highest BCUT2D eigenvalue weighted by Crippen LogP contribution is 2.40. The Morgan fingerprint density at radius 2 is 1.59 bits per heavy atom. The Morgan fingerprint density at radius 1 is 0.912 bits per heavy atom. The van der Waals surface area contributed by atoms with Crippen molar-refractivity contribution in [3.63, 3.8) is 0 Å². The highest BCUT2D eigenvalue weighted by molar-refractivity contribution is 7.19. The lowest BCUT2D eigenvalue weighted by Crippen LogP contribution is -2.38. The Morgan fingerprint density at radius 3 is 2.26 bits per heavy atom. The number of nitrogens with zero attached hydrogens (tertiary/aromatic N) is 3. The van der Waals surface area contributed by atoms with Crippen molar-refractivity contribution in [1.29, 1.82) is 0 Å². The molecule has 0 bridgehead atoms. The van der Waals surface area contributed by atoms with Crippen LogP contribution in [-0.4, -0.2) is 28.8 Å². The molecule has 1 aliphatic rings. The van der Waals surface area contributed by atoms with Gasteiger partial charge in [-0.25, -0.2) is 9.98 Å². The van der Waals surface area contributed by atoms with Gasteiger partial charge < -0.3 is 4.90 Å². The molecule has 0 amide bonds. The Kier molecular flexibility index (Phi) is 6.80. The average molecular weight is 486 g/mol. The van der Waals surface area contributed by atoms with Gasteiger partial charge in [-0.3, -0.25) is 0 Å². The standard InChI is InChI=1S/C29H28ClN3S/c1-20-8-10-23(11-9-20)27(33-18-16-21(2)17-19-33)32-29-26(22-6-4-3-5-7-22)31-28(34-29)24-12-14-25(30)15-13-24/h3-15,21H,16-19H2,1-2H3. The summed E-state index contributed by atoms with van der Waals surface area (Å²) in [4.78, 5) is 12.8. The van der Waals surface area contributed by atoms with Gasteiger partial charge in [-0.05, 0) is 37.8 Å². The molecule has 5 rings (SSSR count). The summed E-state index contributed by atoms with van der Waals surface area (Å²) >= 11 is 7.77. The van der Waals surface area contributed by atoms with Crippen LogP contribution in [0.3, 0.4) is 0 Å². The van der Waals surface area contributed by atoms with Crippen molar-refractivity contribution in [2.75, 3.05) is 13.1 Å². The van der Waals surface area contributed by atoms with Crippen LogP contribution < -0.4 is 0 Å². The second-order valence-corrected chi connectivity index (χ2v) is 10.4. The lowest BCUT2D eigenvalue weighted by atomic mass is 9.98. The lowest BCUT2D eigenvalue weighted by molar-refractivity contribution is 0.281. The first-order valence-corrected chi connectivity index (χ1v) is 13.0. The van der Waals surface area contributed by atoms with Gasteiger partial charge in [0, 0.05) is 34.8 Å². The van der Waals surface area contributed by atoms with E-state index in [4.69, 9.17) is 21.6 Å². The van der Waals surface area contributed by atoms with Crippen LogP contribution in [-0.2, 0) is 0 Å². The molecule has 0 saturated carbocycles. The van der Waals surface area contributed by atoms with Gasteiger partial charge >= 0.3 is 0 Å². The first kappa shape index (κ1) is 22.8. The second kappa shape index (κ2) is 10.1. The van der Waals surface area contributed by atoms with E-state index in [0.29, 0.717) is 0 Å². The Balaban J connectivity index is 1.64. The number of aliphatic imine (C=N–C) groups is 1. The number of thiazole rings is 1. The van der Waals surface area contributed by atoms with E-state index in [9.17, 15) is 0 Å². The molecule has 5 heteroatoms. The number of aryl methyl sites for hydroxylation is 1. The summed E-state index contributed by atoms with van der Waals surface area (Å²) in [7, 11) is 0. The van der Waals surface area contributed by atoms with Gasteiger partial charge in [0.2, 0.25) is 0 Å². The van der Waals surface area contributed by atoms with Gasteiger partial charge in [-0.2, -0.15) is 0 Å². The molecule has 1 fully saturated rings. The predicted molar refractivity (Wildman–Crippen MR) is 145 cm³/mol. The fraction of sp³-hybridized carbons (Fsp3) is 0.241. The molecule has 4 aromatic rings. The molecule has 1 aliphatic heterocycles. The fourth-order valence-electron chi connectivity index (χ4n) is 4.22. The molecular weight excluding hydrogens is 458 g/mol. The molecule has 172 valence electrons. The molecule has 3 nitrogen and oxygen atoms in total. The minimum atomic E-state index is 0.725. The number of hydrogen-bond acceptors (Lipinski definition) is 3. The van der Waals surface area contributed by atoms with Crippen LogP contribution in [0, 0.1) is 12.8 Å². The van der Waals surface area contributed by atoms with E-state index in [1.54, 1.807) is 11.3 Å². The third-order valence-corrected chi connectivity index (χ3v) is 7.60. The van der Waals surface area contributed by atoms with Crippen LogP contribution in [0.5, 0.6) is 0 Å². The van der Waals surface area contributed by atoms with Gasteiger partial charge in [0.25, 0.3) is 0 Å². The number of benzene rings is 3. The van der Waals surface area contributed by atoms with Crippen LogP contribution in [0.25, 0.3) is 21.8 Å². The zero-order valence-electron chi connectivity index (χ0n) is 19.5. The maximum absolute atomic E-state index is 6.13. The first-order valence-electron chi connectivity index (χ1n) is 11.8. The molecule has 1 saturated heterocycles. The largest absolute Gasteiger partial charge is 0.356 e. The predicted octanol–water partition coefficient (Wildman–Crippen LogP) is 8.25. The topological polar surface area (TPSA) is 28.5 Å². The Hall–Kier alpha value is -2.95. The molecule has 2 heterocycles. The molecule has 3 aromatic carbocycles. The quantitative estimate of drug-likeness (QED) is 0.215. The van der Waals surface area contributed by atoms with Crippen molar-refractivity contribution in [3.05, 3.63) is 95.0 Å². The second-order valence-electron chi connectivity index (χ2n) is 9.02. The molecule has 0 N–H and O–H groups in total. The number of likely N-dealkylation sites (tertiary alicyclic amines) is 1. The maximum Gasteiger partial charge on any atom is 0.146 e. The van der Waals surface area contributed by atoms with Gasteiger partial charge in [0.15, 0.2) is 0 Å². The molecule has 34 heavy (non-hydrogen) atoms. The molecular formula is C29H28ClN3S. The minimum absolute atomic E-state index is 0.725. The summed E-state index contributed by atoms with van der Waals surface area (Å²) < 4.78 is 0. The number of aromatic nitrogens is 1. The van der Waals surface area contributed by atoms with E-state index >= 15 is 0 Å². The van der Waals surface area contributed by atoms with Crippen molar-refractivity contribution < 1.29 is 0 Å². The van der Waals surface area contributed by atoms with E-state index in [-0.39, 0.29) is 0 Å². The van der Waals surface area contributed by atoms with Crippen LogP contribution >= 0.6 is 22.9 Å². The lowest BCUT2D eigenvalue weighted by Gasteiger charge is -2.33. The summed E-state index contributed by atoms with van der Waals surface area (Å²) in [5, 5.41) is 2.61. The number of amidine groups is 1. The first-order chi connectivity index (χ1) is 16.6. The van der Waals surface area contributed by atoms with Gasteiger partial charge in [0.05, 0.1) is 0 Å². The van der Waals surface area contributed by atoms with E-state index in [2.05, 4.69) is 67.3 Å². The highest BCUT2D eigenvalue weighted by Gasteiger charge is 2.22. The number of rotatable bonds is 4. The SMILES string of the molecule is Cc1ccc(C(=Nc2sc(-c3ccc(Cl)cc3)nc2-c2ccccc2)N2CCC(C)CC2)cc1. The van der Waals surface area contributed by atoms with Gasteiger partial charge in [-0.1, -0.05) is 102 Å². The van der Waals surface area contributed by atoms with Crippen molar-refractivity contribution in [2.45, 2.75) is 26.7 Å². The Labute approximate surface area is 210 Å². The zero-order valence-corrected chi connectivity index (χ0v) is 21.1. The summed E-state index contributed by atoms with van der Waals surface area (Å²) in [6.45, 7) is 6.52. The summed E-state index contributed by atoms with van der Waals surface area (Å²) in [6.07, 6.45) is 2.38. The summed E-state index contributed by atoms with van der Waals surface area (Å²) in [5.74, 6) is 1.80. The Bertz CT molecular complexity index is 1270. The van der Waals surface area contributed by atoms with Gasteiger partial charge in [-0.15, -0.1) is 0 Å². The number of halogens is 1. The van der Waals surface area contributed by atoms with Crippen LogP contribution in [0.1, 0.15) is 30.9 Å². The van der Waals surface area contributed by atoms with Crippen LogP contribution in [0.4, 0.5) is 5.00 Å². The van der Waals surface area contributed by atoms with Crippen LogP contribution in [0.2, 0.25) is 5.02 Å². The van der Waals surface area contributed by atoms with Crippen molar-refractivity contribution in [1.82, 2.24) is 9.88 Å². The summed E-state index contributed by atoms with van der Waals surface area (Å²) in [5.41, 5.74) is 5.46. The van der Waals surface area contributed by atoms with E-state index in [1.165, 1.54) is 18.4 Å². The fourth-order valence-corrected chi connectivity index (χ4v) is 5.32. The van der Waals surface area contributed by atoms with Crippen molar-refractivity contribution >= 4 is 33.8 Å². The molecule has 1 aromatic heterocycles. The molecule has 0 spiro atoms. The molecule has 0 radical (unpaired) electrons. The number of piperidine rings is 1. The van der Waals surface area contributed by atoms with Crippen LogP contribution in [0.15, 0.2) is 83.9 Å². The number of hydrogen-bond donors (Lipinski definition) is 0.